The smallest absolute Gasteiger partial charge is 0.335 e. The van der Waals surface area contributed by atoms with E-state index in [0.29, 0.717) is 22.5 Å². The number of hydrogen-bond donors (Lipinski definition) is 1. The highest BCUT2D eigenvalue weighted by molar-refractivity contribution is 6.84. The molecule has 2 aromatic heterocycles. The lowest BCUT2D eigenvalue weighted by Crippen LogP contribution is -2.65. The van der Waals surface area contributed by atoms with Gasteiger partial charge in [0.1, 0.15) is 41.8 Å². The third-order valence-corrected chi connectivity index (χ3v) is 20.9. The van der Waals surface area contributed by atoms with Gasteiger partial charge in [-0.25, -0.2) is 14.9 Å². The molecule has 15 heteroatoms. The number of aliphatic hydroxyl groups excluding tert-OH is 1. The zero-order chi connectivity index (χ0) is 39.1. The predicted octanol–water partition coefficient (Wildman–Crippen LogP) is 7.15. The van der Waals surface area contributed by atoms with Crippen LogP contribution in [0.1, 0.15) is 82.3 Å². The summed E-state index contributed by atoms with van der Waals surface area (Å²) in [6.45, 7) is 17.3. The van der Waals surface area contributed by atoms with Gasteiger partial charge in [0.15, 0.2) is 12.0 Å². The van der Waals surface area contributed by atoms with Crippen molar-refractivity contribution in [2.75, 3.05) is 25.7 Å². The molecule has 2 fully saturated rings. The van der Waals surface area contributed by atoms with E-state index in [0.717, 1.165) is 4.90 Å². The molecular weight excluding hydrogens is 725 g/mol. The van der Waals surface area contributed by atoms with Gasteiger partial charge in [-0.15, -0.1) is 0 Å². The van der Waals surface area contributed by atoms with E-state index < -0.39 is 53.5 Å². The van der Waals surface area contributed by atoms with Crippen LogP contribution in [-0.4, -0.2) is 87.7 Å². The minimum atomic E-state index is -3.04. The van der Waals surface area contributed by atoms with Crippen LogP contribution in [0, 0.1) is 0 Å². The number of ether oxygens (including phenoxy) is 3. The quantitative estimate of drug-likeness (QED) is 0.130. The highest BCUT2D eigenvalue weighted by atomic mass is 28.5. The van der Waals surface area contributed by atoms with Crippen molar-refractivity contribution in [2.24, 2.45) is 0 Å². The summed E-state index contributed by atoms with van der Waals surface area (Å²) in [4.78, 5) is 38.6. The predicted molar refractivity (Wildman–Crippen MR) is 208 cm³/mol. The molecule has 4 atom stereocenters. The van der Waals surface area contributed by atoms with Gasteiger partial charge in [-0.3, -0.25) is 9.59 Å². The fourth-order valence-corrected chi connectivity index (χ4v) is 18.9. The molecule has 54 heavy (non-hydrogen) atoms. The fourth-order valence-electron chi connectivity index (χ4n) is 7.72. The molecule has 2 aliphatic rings. The van der Waals surface area contributed by atoms with Gasteiger partial charge in [-0.2, -0.15) is 0 Å². The van der Waals surface area contributed by atoms with Crippen molar-refractivity contribution in [3.05, 3.63) is 78.2 Å². The molecule has 2 aromatic carbocycles. The van der Waals surface area contributed by atoms with Crippen LogP contribution >= 0.6 is 0 Å². The molecule has 2 amide bonds. The van der Waals surface area contributed by atoms with Crippen molar-refractivity contribution < 1.29 is 41.9 Å². The highest BCUT2D eigenvalue weighted by Crippen LogP contribution is 2.48. The Bertz CT molecular complexity index is 1880. The number of amides is 2. The molecule has 0 aliphatic carbocycles. The minimum absolute atomic E-state index is 0.0654. The summed E-state index contributed by atoms with van der Waals surface area (Å²) in [6.07, 6.45) is -0.358. The largest absolute Gasteiger partial charge is 0.497 e. The van der Waals surface area contributed by atoms with Crippen molar-refractivity contribution in [2.45, 2.75) is 102 Å². The third-order valence-electron chi connectivity index (χ3n) is 10.7. The molecule has 6 rings (SSSR count). The molecule has 290 valence electrons. The Morgan fingerprint density at radius 1 is 0.796 bits per heavy atom. The van der Waals surface area contributed by atoms with Gasteiger partial charge in [0.2, 0.25) is 0 Å². The van der Waals surface area contributed by atoms with Crippen molar-refractivity contribution in [3.63, 3.8) is 0 Å². The van der Waals surface area contributed by atoms with E-state index in [1.54, 1.807) is 65.4 Å². The first-order valence-corrected chi connectivity index (χ1v) is 22.5. The Balaban J connectivity index is 1.41. The van der Waals surface area contributed by atoms with Crippen molar-refractivity contribution >= 4 is 45.8 Å². The Labute approximate surface area is 319 Å². The number of methoxy groups -OCH3 is 2. The molecule has 2 saturated heterocycles. The molecule has 0 saturated carbocycles. The zero-order valence-corrected chi connectivity index (χ0v) is 34.7. The summed E-state index contributed by atoms with van der Waals surface area (Å²) in [5.41, 5.74) is 1.29. The van der Waals surface area contributed by atoms with E-state index in [1.165, 1.54) is 20.5 Å². The Kier molecular flexibility index (Phi) is 11.5. The molecule has 2 aliphatic heterocycles. The summed E-state index contributed by atoms with van der Waals surface area (Å²) in [6, 6.07) is 14.7. The molecular formula is C39H52N4O9Si2. The Morgan fingerprint density at radius 2 is 1.31 bits per heavy atom. The van der Waals surface area contributed by atoms with Gasteiger partial charge in [-0.1, -0.05) is 55.4 Å². The summed E-state index contributed by atoms with van der Waals surface area (Å²) in [7, 11) is -2.81. The highest BCUT2D eigenvalue weighted by Gasteiger charge is 2.61. The number of fused-ring (bicyclic) bond motifs is 2. The lowest BCUT2D eigenvalue weighted by atomic mass is 10.1. The van der Waals surface area contributed by atoms with Crippen LogP contribution in [0.4, 0.5) is 5.82 Å². The summed E-state index contributed by atoms with van der Waals surface area (Å²) in [5, 5.41) is 12.5. The SMILES string of the molecule is COc1ccc(C(=O)N(C(=O)c2ccc(OC)cc2)c2ncnc3c2ccn3[C@@H]2O[C@@H]3CO[Si](C(C)C)(C(C)C)O[Si](C(C)C)(C(C)C)O[C@H]3[C@H]2O)cc1. The van der Waals surface area contributed by atoms with Gasteiger partial charge in [-0.05, 0) is 76.8 Å². The second-order valence-electron chi connectivity index (χ2n) is 15.2. The molecule has 0 bridgehead atoms. The van der Waals surface area contributed by atoms with E-state index in [1.807, 2.05) is 0 Å². The number of hydrogen-bond acceptors (Lipinski definition) is 11. The van der Waals surface area contributed by atoms with Gasteiger partial charge < -0.3 is 36.9 Å². The first kappa shape index (κ1) is 39.7. The van der Waals surface area contributed by atoms with Gasteiger partial charge in [0.05, 0.1) is 26.2 Å². The van der Waals surface area contributed by atoms with Crippen molar-refractivity contribution in [1.82, 2.24) is 14.5 Å². The normalized spacial score (nSPS) is 22.4. The number of benzene rings is 2. The summed E-state index contributed by atoms with van der Waals surface area (Å²) < 4.78 is 40.3. The first-order valence-electron chi connectivity index (χ1n) is 18.5. The number of aromatic nitrogens is 3. The average Bonchev–Trinajstić information content (AvgIpc) is 3.71. The van der Waals surface area contributed by atoms with Crippen LogP contribution < -0.4 is 14.4 Å². The Hall–Kier alpha value is -3.97. The number of rotatable bonds is 10. The van der Waals surface area contributed by atoms with E-state index in [4.69, 9.17) is 27.2 Å². The Morgan fingerprint density at radius 3 is 1.80 bits per heavy atom. The molecule has 4 heterocycles. The lowest BCUT2D eigenvalue weighted by molar-refractivity contribution is -0.0568. The monoisotopic (exact) mass is 776 g/mol. The number of aliphatic hydroxyl groups is 1. The van der Waals surface area contributed by atoms with Crippen molar-refractivity contribution in [3.8, 4) is 11.5 Å². The summed E-state index contributed by atoms with van der Waals surface area (Å²) in [5.74, 6) is 0.000201. The number of imide groups is 1. The maximum absolute atomic E-state index is 14.3. The molecule has 0 unspecified atom stereocenters. The van der Waals surface area contributed by atoms with E-state index in [2.05, 4.69) is 65.4 Å². The zero-order valence-electron chi connectivity index (χ0n) is 32.7. The first-order chi connectivity index (χ1) is 25.7. The molecule has 0 spiro atoms. The average molecular weight is 777 g/mol. The second-order valence-corrected chi connectivity index (χ2v) is 24.0. The van der Waals surface area contributed by atoms with Crippen LogP contribution in [0.15, 0.2) is 67.1 Å². The number of carbonyl (C=O) groups is 2. The van der Waals surface area contributed by atoms with Gasteiger partial charge in [0.25, 0.3) is 11.8 Å². The number of carbonyl (C=O) groups excluding carboxylic acids is 2. The van der Waals surface area contributed by atoms with Crippen LogP contribution in [0.25, 0.3) is 11.0 Å². The topological polar surface area (TPSA) is 144 Å². The van der Waals surface area contributed by atoms with E-state index >= 15 is 0 Å². The van der Waals surface area contributed by atoms with Crippen LogP contribution in [0.5, 0.6) is 11.5 Å². The van der Waals surface area contributed by atoms with Crippen LogP contribution in [-0.2, 0) is 17.7 Å². The minimum Gasteiger partial charge on any atom is -0.497 e. The van der Waals surface area contributed by atoms with Crippen molar-refractivity contribution in [1.29, 1.82) is 0 Å². The third kappa shape index (κ3) is 6.91. The molecule has 0 radical (unpaired) electrons. The van der Waals surface area contributed by atoms with Crippen LogP contribution in [0.3, 0.4) is 0 Å². The molecule has 4 aromatic rings. The van der Waals surface area contributed by atoms with E-state index in [9.17, 15) is 14.7 Å². The molecule has 1 N–H and O–H groups in total. The van der Waals surface area contributed by atoms with Gasteiger partial charge >= 0.3 is 17.1 Å². The summed E-state index contributed by atoms with van der Waals surface area (Å²) >= 11 is 0. The van der Waals surface area contributed by atoms with Gasteiger partial charge in [0, 0.05) is 17.3 Å². The fraction of sp³-hybridized carbons (Fsp3) is 0.487. The number of anilines is 1. The van der Waals surface area contributed by atoms with Crippen LogP contribution in [0.2, 0.25) is 22.2 Å². The number of nitrogens with zero attached hydrogens (tertiary/aromatic N) is 4. The maximum atomic E-state index is 14.3. The maximum Gasteiger partial charge on any atom is 0.335 e. The second kappa shape index (κ2) is 15.6. The molecule has 13 nitrogen and oxygen atoms in total. The van der Waals surface area contributed by atoms with E-state index in [-0.39, 0.29) is 45.7 Å². The standard InChI is InChI=1S/C39H52N4O9Si2/c1-23(2)53(24(3)4)49-21-32-34(51-54(52-53,25(5)6)26(7)8)33(44)39(50-32)42-20-19-31-35(42)40-22-41-36(31)43(37(45)27-11-15-29(47-9)16-12-27)38(46)28-13-17-30(48-10)18-14-28/h11-20,22-26,32-34,39,44H,21H2,1-10H3/t32-,33-,34-,39-/m1/s1. The lowest BCUT2D eigenvalue weighted by Gasteiger charge is -2.51.